The maximum absolute atomic E-state index is 13.2. The van der Waals surface area contributed by atoms with E-state index in [2.05, 4.69) is 0 Å². The van der Waals surface area contributed by atoms with Crippen molar-refractivity contribution in [2.75, 3.05) is 24.5 Å². The van der Waals surface area contributed by atoms with Crippen molar-refractivity contribution in [2.24, 2.45) is 0 Å². The van der Waals surface area contributed by atoms with Gasteiger partial charge in [0.2, 0.25) is 0 Å². The number of hydrogen-bond acceptors (Lipinski definition) is 5. The van der Waals surface area contributed by atoms with Gasteiger partial charge in [-0.3, -0.25) is 9.10 Å². The summed E-state index contributed by atoms with van der Waals surface area (Å²) >= 11 is 0. The quantitative estimate of drug-likeness (QED) is 0.432. The molecule has 0 aromatic heterocycles. The predicted molar refractivity (Wildman–Crippen MR) is 131 cm³/mol. The van der Waals surface area contributed by atoms with Crippen molar-refractivity contribution in [2.45, 2.75) is 25.3 Å². The number of amides is 1. The van der Waals surface area contributed by atoms with Gasteiger partial charge in [0, 0.05) is 20.1 Å². The van der Waals surface area contributed by atoms with Crippen LogP contribution in [0, 0.1) is 6.92 Å². The van der Waals surface area contributed by atoms with Crippen LogP contribution < -0.4 is 4.31 Å². The van der Waals surface area contributed by atoms with Crippen LogP contribution >= 0.6 is 0 Å². The third-order valence-electron chi connectivity index (χ3n) is 5.41. The van der Waals surface area contributed by atoms with E-state index in [0.717, 1.165) is 11.1 Å². The fourth-order valence-corrected chi connectivity index (χ4v) is 4.97. The summed E-state index contributed by atoms with van der Waals surface area (Å²) in [5.74, 6) is -1.13. The largest absolute Gasteiger partial charge is 0.452 e. The number of para-hydroxylation sites is 1. The van der Waals surface area contributed by atoms with E-state index < -0.39 is 22.6 Å². The third kappa shape index (κ3) is 5.82. The van der Waals surface area contributed by atoms with E-state index in [-0.39, 0.29) is 22.9 Å². The Morgan fingerprint density at radius 2 is 1.59 bits per heavy atom. The molecule has 0 aliphatic heterocycles. The standard InChI is InChI=1S/C26H28N2O5S/c1-4-28(23-14-6-5-7-15-23)34(31,32)24-16-10-13-21(17-24)26(30)33-19-25(29)27(3)18-22-12-9-8-11-20(22)2/h5-17H,4,18-19H2,1-3H3. The molecule has 3 aromatic carbocycles. The highest BCUT2D eigenvalue weighted by atomic mass is 32.2. The molecule has 0 fully saturated rings. The van der Waals surface area contributed by atoms with Crippen molar-refractivity contribution in [3.05, 3.63) is 95.6 Å². The molecule has 0 aliphatic carbocycles. The molecule has 0 aliphatic rings. The lowest BCUT2D eigenvalue weighted by Gasteiger charge is -2.23. The van der Waals surface area contributed by atoms with Gasteiger partial charge in [0.15, 0.2) is 6.61 Å². The summed E-state index contributed by atoms with van der Waals surface area (Å²) in [6, 6.07) is 22.1. The second-order valence-electron chi connectivity index (χ2n) is 7.79. The van der Waals surface area contributed by atoms with E-state index in [1.807, 2.05) is 31.2 Å². The van der Waals surface area contributed by atoms with Gasteiger partial charge in [-0.15, -0.1) is 0 Å². The monoisotopic (exact) mass is 480 g/mol. The van der Waals surface area contributed by atoms with E-state index in [0.29, 0.717) is 12.2 Å². The molecule has 34 heavy (non-hydrogen) atoms. The number of sulfonamides is 1. The Hall–Kier alpha value is -3.65. The summed E-state index contributed by atoms with van der Waals surface area (Å²) in [7, 11) is -2.26. The number of carbonyl (C=O) groups excluding carboxylic acids is 2. The lowest BCUT2D eigenvalue weighted by molar-refractivity contribution is -0.133. The van der Waals surface area contributed by atoms with Crippen LogP contribution in [0.4, 0.5) is 5.69 Å². The van der Waals surface area contributed by atoms with Gasteiger partial charge < -0.3 is 9.64 Å². The fraction of sp³-hybridized carbons (Fsp3) is 0.231. The zero-order valence-electron chi connectivity index (χ0n) is 19.5. The number of ether oxygens (including phenoxy) is 1. The highest BCUT2D eigenvalue weighted by Gasteiger charge is 2.25. The number of benzene rings is 3. The molecule has 0 heterocycles. The Morgan fingerprint density at radius 3 is 2.26 bits per heavy atom. The van der Waals surface area contributed by atoms with E-state index in [1.54, 1.807) is 44.3 Å². The number of likely N-dealkylation sites (N-methyl/N-ethyl adjacent to an activating group) is 1. The molecular formula is C26H28N2O5S. The lowest BCUT2D eigenvalue weighted by atomic mass is 10.1. The van der Waals surface area contributed by atoms with Crippen LogP contribution in [-0.4, -0.2) is 45.4 Å². The maximum atomic E-state index is 13.2. The smallest absolute Gasteiger partial charge is 0.338 e. The minimum Gasteiger partial charge on any atom is -0.452 e. The van der Waals surface area contributed by atoms with Crippen molar-refractivity contribution in [1.29, 1.82) is 0 Å². The van der Waals surface area contributed by atoms with Crippen molar-refractivity contribution in [3.63, 3.8) is 0 Å². The lowest BCUT2D eigenvalue weighted by Crippen LogP contribution is -2.31. The molecule has 7 nitrogen and oxygen atoms in total. The fourth-order valence-electron chi connectivity index (χ4n) is 3.45. The van der Waals surface area contributed by atoms with E-state index >= 15 is 0 Å². The second kappa shape index (κ2) is 11.0. The number of aryl methyl sites for hydroxylation is 1. The summed E-state index contributed by atoms with van der Waals surface area (Å²) < 4.78 is 32.9. The Labute approximate surface area is 200 Å². The zero-order chi connectivity index (χ0) is 24.7. The molecule has 0 saturated heterocycles. The van der Waals surface area contributed by atoms with Crippen LogP contribution in [0.3, 0.4) is 0 Å². The number of hydrogen-bond donors (Lipinski definition) is 0. The van der Waals surface area contributed by atoms with Gasteiger partial charge in [-0.05, 0) is 55.3 Å². The molecule has 1 amide bonds. The van der Waals surface area contributed by atoms with Crippen molar-refractivity contribution in [3.8, 4) is 0 Å². The first-order chi connectivity index (χ1) is 16.2. The number of nitrogens with zero attached hydrogens (tertiary/aromatic N) is 2. The van der Waals surface area contributed by atoms with Crippen LogP contribution in [0.25, 0.3) is 0 Å². The molecular weight excluding hydrogens is 452 g/mol. The van der Waals surface area contributed by atoms with Gasteiger partial charge in [-0.25, -0.2) is 13.2 Å². The van der Waals surface area contributed by atoms with E-state index in [9.17, 15) is 18.0 Å². The first-order valence-electron chi connectivity index (χ1n) is 10.9. The number of anilines is 1. The molecule has 0 saturated carbocycles. The van der Waals surface area contributed by atoms with Crippen molar-refractivity contribution >= 4 is 27.6 Å². The van der Waals surface area contributed by atoms with Crippen LogP contribution in [0.15, 0.2) is 83.8 Å². The van der Waals surface area contributed by atoms with Gasteiger partial charge in [0.25, 0.3) is 15.9 Å². The first-order valence-corrected chi connectivity index (χ1v) is 12.3. The molecule has 0 N–H and O–H groups in total. The second-order valence-corrected chi connectivity index (χ2v) is 9.65. The summed E-state index contributed by atoms with van der Waals surface area (Å²) in [6.07, 6.45) is 0. The van der Waals surface area contributed by atoms with E-state index in [4.69, 9.17) is 4.74 Å². The van der Waals surface area contributed by atoms with Gasteiger partial charge >= 0.3 is 5.97 Å². The minimum absolute atomic E-state index is 0.0318. The van der Waals surface area contributed by atoms with Crippen molar-refractivity contribution < 1.29 is 22.7 Å². The minimum atomic E-state index is -3.89. The zero-order valence-corrected chi connectivity index (χ0v) is 20.3. The highest BCUT2D eigenvalue weighted by Crippen LogP contribution is 2.24. The third-order valence-corrected chi connectivity index (χ3v) is 7.31. The SMILES string of the molecule is CCN(c1ccccc1)S(=O)(=O)c1cccc(C(=O)OCC(=O)N(C)Cc2ccccc2C)c1. The Morgan fingerprint density at radius 1 is 0.912 bits per heavy atom. The summed E-state index contributed by atoms with van der Waals surface area (Å²) in [5, 5.41) is 0. The molecule has 178 valence electrons. The Kier molecular flexibility index (Phi) is 8.07. The van der Waals surface area contributed by atoms with Crippen LogP contribution in [0.1, 0.15) is 28.4 Å². The highest BCUT2D eigenvalue weighted by molar-refractivity contribution is 7.92. The van der Waals surface area contributed by atoms with E-state index in [1.165, 1.54) is 33.5 Å². The van der Waals surface area contributed by atoms with Gasteiger partial charge in [-0.2, -0.15) is 0 Å². The van der Waals surface area contributed by atoms with Crippen LogP contribution in [0.5, 0.6) is 0 Å². The molecule has 0 spiro atoms. The molecule has 3 aromatic rings. The van der Waals surface area contributed by atoms with Gasteiger partial charge in [0.1, 0.15) is 0 Å². The molecule has 0 atom stereocenters. The molecule has 0 bridgehead atoms. The molecule has 8 heteroatoms. The summed E-state index contributed by atoms with van der Waals surface area (Å²) in [4.78, 5) is 26.5. The maximum Gasteiger partial charge on any atom is 0.338 e. The van der Waals surface area contributed by atoms with Gasteiger partial charge in [0.05, 0.1) is 16.1 Å². The van der Waals surface area contributed by atoms with Gasteiger partial charge in [-0.1, -0.05) is 48.5 Å². The summed E-state index contributed by atoms with van der Waals surface area (Å²) in [5.41, 5.74) is 2.65. The average molecular weight is 481 g/mol. The Balaban J connectivity index is 1.68. The summed E-state index contributed by atoms with van der Waals surface area (Å²) in [6.45, 7) is 3.88. The molecule has 0 unspecified atom stereocenters. The van der Waals surface area contributed by atoms with Crippen molar-refractivity contribution in [1.82, 2.24) is 4.90 Å². The number of carbonyl (C=O) groups is 2. The predicted octanol–water partition coefficient (Wildman–Crippen LogP) is 4.03. The number of rotatable bonds is 9. The van der Waals surface area contributed by atoms with Crippen LogP contribution in [-0.2, 0) is 26.1 Å². The molecule has 3 rings (SSSR count). The van der Waals surface area contributed by atoms with Crippen LogP contribution in [0.2, 0.25) is 0 Å². The number of esters is 1. The molecule has 0 radical (unpaired) electrons. The average Bonchev–Trinajstić information content (AvgIpc) is 2.84. The first kappa shape index (κ1) is 25.0. The Bertz CT molecular complexity index is 1260. The topological polar surface area (TPSA) is 84.0 Å². The normalized spacial score (nSPS) is 11.0.